The summed E-state index contributed by atoms with van der Waals surface area (Å²) in [5.41, 5.74) is 2.44. The third kappa shape index (κ3) is 3.85. The zero-order chi connectivity index (χ0) is 22.2. The highest BCUT2D eigenvalue weighted by atomic mass is 19.1. The number of rotatable bonds is 5. The zero-order valence-corrected chi connectivity index (χ0v) is 17.6. The Morgan fingerprint density at radius 2 is 1.84 bits per heavy atom. The number of nitrogens with one attached hydrogen (secondary N) is 1. The van der Waals surface area contributed by atoms with E-state index in [0.29, 0.717) is 45.7 Å². The van der Waals surface area contributed by atoms with Gasteiger partial charge in [-0.1, -0.05) is 5.16 Å². The molecule has 5 rings (SSSR count). The van der Waals surface area contributed by atoms with Crippen LogP contribution >= 0.6 is 0 Å². The normalized spacial score (nSPS) is 18.3. The van der Waals surface area contributed by atoms with Crippen molar-refractivity contribution in [3.63, 3.8) is 0 Å². The quantitative estimate of drug-likeness (QED) is 0.473. The van der Waals surface area contributed by atoms with Crippen molar-refractivity contribution in [3.8, 4) is 5.88 Å². The van der Waals surface area contributed by atoms with Crippen LogP contribution in [0.3, 0.4) is 0 Å². The van der Waals surface area contributed by atoms with Crippen LogP contribution in [0.4, 0.5) is 14.5 Å². The first-order chi connectivity index (χ1) is 15.5. The lowest BCUT2D eigenvalue weighted by atomic mass is 10.0. The lowest BCUT2D eigenvalue weighted by Gasteiger charge is -2.31. The molecule has 32 heavy (non-hydrogen) atoms. The van der Waals surface area contributed by atoms with Gasteiger partial charge in [0.05, 0.1) is 11.3 Å². The maximum Gasteiger partial charge on any atom is 0.199 e. The Bertz CT molecular complexity index is 1230. The van der Waals surface area contributed by atoms with E-state index in [2.05, 4.69) is 32.0 Å². The van der Waals surface area contributed by atoms with Crippen molar-refractivity contribution in [1.82, 2.24) is 14.8 Å². The third-order valence-electron chi connectivity index (χ3n) is 5.90. The van der Waals surface area contributed by atoms with Crippen LogP contribution in [-0.4, -0.2) is 77.7 Å². The monoisotopic (exact) mass is 439 g/mol. The van der Waals surface area contributed by atoms with E-state index in [0.717, 1.165) is 32.7 Å². The van der Waals surface area contributed by atoms with Crippen LogP contribution in [0.5, 0.6) is 5.88 Å². The second kappa shape index (κ2) is 8.33. The van der Waals surface area contributed by atoms with Gasteiger partial charge in [-0.2, -0.15) is 0 Å². The van der Waals surface area contributed by atoms with Crippen molar-refractivity contribution < 1.29 is 18.7 Å². The number of likely N-dealkylation sites (N-methyl/N-ethyl adjacent to an activating group) is 1. The second-order valence-corrected chi connectivity index (χ2v) is 8.08. The first kappa shape index (κ1) is 20.6. The molecule has 0 spiro atoms. The molecule has 9 heteroatoms. The first-order valence-electron chi connectivity index (χ1n) is 10.5. The van der Waals surface area contributed by atoms with Crippen LogP contribution in [0.2, 0.25) is 0 Å². The Kier molecular flexibility index (Phi) is 5.36. The maximum atomic E-state index is 14.0. The van der Waals surface area contributed by atoms with Crippen LogP contribution < -0.4 is 0 Å². The fourth-order valence-electron chi connectivity index (χ4n) is 4.10. The Morgan fingerprint density at radius 1 is 1.09 bits per heavy atom. The molecule has 3 aromatic rings. The average molecular weight is 439 g/mol. The van der Waals surface area contributed by atoms with E-state index in [4.69, 9.17) is 4.84 Å². The van der Waals surface area contributed by atoms with E-state index in [9.17, 15) is 13.9 Å². The number of aliphatic imine (C=N–C) groups is 1. The summed E-state index contributed by atoms with van der Waals surface area (Å²) in [6.45, 7) is 5.02. The number of H-pyrrole nitrogens is 1. The van der Waals surface area contributed by atoms with Gasteiger partial charge in [-0.15, -0.1) is 0 Å². The molecule has 0 amide bonds. The van der Waals surface area contributed by atoms with Crippen molar-refractivity contribution in [1.29, 1.82) is 0 Å². The molecule has 166 valence electrons. The van der Waals surface area contributed by atoms with Gasteiger partial charge in [-0.05, 0) is 43.4 Å². The van der Waals surface area contributed by atoms with E-state index in [1.165, 1.54) is 24.3 Å². The molecule has 1 fully saturated rings. The molecule has 0 atom stereocenters. The highest BCUT2D eigenvalue weighted by Crippen LogP contribution is 2.36. The number of aromatic hydroxyl groups is 1. The number of piperazine rings is 1. The van der Waals surface area contributed by atoms with Crippen molar-refractivity contribution in [2.75, 3.05) is 46.4 Å². The fraction of sp³-hybridized carbons (Fsp3) is 0.304. The van der Waals surface area contributed by atoms with Gasteiger partial charge in [0, 0.05) is 49.2 Å². The molecule has 1 saturated heterocycles. The van der Waals surface area contributed by atoms with Crippen LogP contribution in [0.15, 0.2) is 46.5 Å². The minimum absolute atomic E-state index is 0.164. The van der Waals surface area contributed by atoms with Crippen molar-refractivity contribution >= 4 is 28.0 Å². The third-order valence-corrected chi connectivity index (χ3v) is 5.90. The van der Waals surface area contributed by atoms with Gasteiger partial charge in [0.25, 0.3) is 0 Å². The van der Waals surface area contributed by atoms with Crippen molar-refractivity contribution in [3.05, 3.63) is 59.2 Å². The molecule has 0 aliphatic carbocycles. The largest absolute Gasteiger partial charge is 0.494 e. The summed E-state index contributed by atoms with van der Waals surface area (Å²) in [5, 5.41) is 15.3. The topological polar surface area (TPSA) is 76.5 Å². The Labute approximate surface area is 183 Å². The molecule has 7 nitrogen and oxygen atoms in total. The molecule has 0 radical (unpaired) electrons. The van der Waals surface area contributed by atoms with E-state index < -0.39 is 11.6 Å². The minimum Gasteiger partial charge on any atom is -0.494 e. The lowest BCUT2D eigenvalue weighted by molar-refractivity contribution is 0.0864. The Morgan fingerprint density at radius 3 is 2.66 bits per heavy atom. The predicted molar refractivity (Wildman–Crippen MR) is 119 cm³/mol. The number of aromatic amines is 1. The van der Waals surface area contributed by atoms with Gasteiger partial charge in [0.1, 0.15) is 29.7 Å². The van der Waals surface area contributed by atoms with Crippen molar-refractivity contribution in [2.24, 2.45) is 10.1 Å². The van der Waals surface area contributed by atoms with Gasteiger partial charge in [-0.25, -0.2) is 13.8 Å². The summed E-state index contributed by atoms with van der Waals surface area (Å²) < 4.78 is 27.9. The lowest BCUT2D eigenvalue weighted by Crippen LogP contribution is -2.45. The van der Waals surface area contributed by atoms with Gasteiger partial charge in [0.15, 0.2) is 5.88 Å². The SMILES string of the molecule is CN1CCN(CCON=C2C(c3c(O)[nH]c4ccc(F)cc34)=Nc3ccc(F)cc32)CC1. The number of hydrogen-bond acceptors (Lipinski definition) is 6. The summed E-state index contributed by atoms with van der Waals surface area (Å²) in [4.78, 5) is 17.6. The molecular formula is C23H23F2N5O2. The van der Waals surface area contributed by atoms with E-state index in [-0.39, 0.29) is 5.88 Å². The van der Waals surface area contributed by atoms with Gasteiger partial charge in [-0.3, -0.25) is 4.90 Å². The average Bonchev–Trinajstić information content (AvgIpc) is 3.28. The number of hydrogen-bond donors (Lipinski definition) is 2. The Balaban J connectivity index is 1.45. The summed E-state index contributed by atoms with van der Waals surface area (Å²) in [6, 6.07) is 8.36. The number of fused-ring (bicyclic) bond motifs is 2. The van der Waals surface area contributed by atoms with Crippen LogP contribution in [0, 0.1) is 11.6 Å². The number of oxime groups is 1. The summed E-state index contributed by atoms with van der Waals surface area (Å²) >= 11 is 0. The standard InChI is InChI=1S/C23H23F2N5O2/c1-29-6-8-30(9-7-29)10-11-32-28-21-17-13-15(25)3-5-19(17)26-22(21)20-16-12-14(24)2-4-18(16)27-23(20)31/h2-5,12-13,27,31H,6-11H2,1H3. The van der Waals surface area contributed by atoms with E-state index in [1.807, 2.05) is 0 Å². The molecular weight excluding hydrogens is 416 g/mol. The Hall–Kier alpha value is -3.30. The summed E-state index contributed by atoms with van der Waals surface area (Å²) in [7, 11) is 2.10. The fourth-order valence-corrected chi connectivity index (χ4v) is 4.10. The zero-order valence-electron chi connectivity index (χ0n) is 17.6. The van der Waals surface area contributed by atoms with Crippen LogP contribution in [0.25, 0.3) is 10.9 Å². The maximum absolute atomic E-state index is 14.0. The first-order valence-corrected chi connectivity index (χ1v) is 10.5. The molecule has 2 aromatic carbocycles. The second-order valence-electron chi connectivity index (χ2n) is 8.08. The molecule has 1 aromatic heterocycles. The summed E-state index contributed by atoms with van der Waals surface area (Å²) in [5.74, 6) is -1.04. The number of benzene rings is 2. The van der Waals surface area contributed by atoms with Crippen molar-refractivity contribution in [2.45, 2.75) is 0 Å². The highest BCUT2D eigenvalue weighted by Gasteiger charge is 2.30. The minimum atomic E-state index is -0.443. The van der Waals surface area contributed by atoms with Gasteiger partial charge >= 0.3 is 0 Å². The molecule has 2 aliphatic rings. The van der Waals surface area contributed by atoms with Crippen LogP contribution in [-0.2, 0) is 4.84 Å². The van der Waals surface area contributed by atoms with E-state index >= 15 is 0 Å². The molecule has 0 bridgehead atoms. The van der Waals surface area contributed by atoms with E-state index in [1.54, 1.807) is 12.1 Å². The number of halogens is 2. The molecule has 0 unspecified atom stereocenters. The smallest absolute Gasteiger partial charge is 0.199 e. The summed E-state index contributed by atoms with van der Waals surface area (Å²) in [6.07, 6.45) is 0. The van der Waals surface area contributed by atoms with Gasteiger partial charge < -0.3 is 19.8 Å². The molecule has 2 aliphatic heterocycles. The highest BCUT2D eigenvalue weighted by molar-refractivity contribution is 6.58. The van der Waals surface area contributed by atoms with Crippen LogP contribution in [0.1, 0.15) is 11.1 Å². The molecule has 3 heterocycles. The predicted octanol–water partition coefficient (Wildman–Crippen LogP) is 3.25. The number of nitrogens with zero attached hydrogens (tertiary/aromatic N) is 4. The number of aromatic nitrogens is 1. The van der Waals surface area contributed by atoms with Gasteiger partial charge in [0.2, 0.25) is 0 Å². The molecule has 0 saturated carbocycles. The molecule has 2 N–H and O–H groups in total.